The number of nitrogens with one attached hydrogen (secondary N) is 1. The van der Waals surface area contributed by atoms with Gasteiger partial charge in [-0.05, 0) is 30.9 Å². The summed E-state index contributed by atoms with van der Waals surface area (Å²) in [5, 5.41) is 2.89. The van der Waals surface area contributed by atoms with Crippen LogP contribution < -0.4 is 5.32 Å². The van der Waals surface area contributed by atoms with Crippen LogP contribution >= 0.6 is 0 Å². The first kappa shape index (κ1) is 18.1. The number of halogens is 2. The maximum atomic E-state index is 13.1. The highest BCUT2D eigenvalue weighted by molar-refractivity contribution is 5.74. The number of alkyl halides is 2. The highest BCUT2D eigenvalue weighted by Crippen LogP contribution is 2.27. The Morgan fingerprint density at radius 1 is 1.16 bits per heavy atom. The third kappa shape index (κ3) is 5.39. The highest BCUT2D eigenvalue weighted by Gasteiger charge is 2.35. The molecule has 0 radical (unpaired) electrons. The number of urea groups is 1. The molecule has 138 valence electrons. The molecule has 1 atom stereocenters. The van der Waals surface area contributed by atoms with Gasteiger partial charge in [-0.25, -0.2) is 13.6 Å². The summed E-state index contributed by atoms with van der Waals surface area (Å²) in [5.74, 6) is -2.02. The third-order valence-corrected chi connectivity index (χ3v) is 5.23. The normalized spacial score (nSPS) is 23.6. The Labute approximate surface area is 148 Å². The molecule has 6 heteroatoms. The Morgan fingerprint density at radius 3 is 2.60 bits per heavy atom. The lowest BCUT2D eigenvalue weighted by Gasteiger charge is -2.31. The standard InChI is InChI=1S/C19H27F2N3O/c20-19(21)8-12-24(13-9-19)18(25)22-10-6-17-7-11-23(15-17)14-16-4-2-1-3-5-16/h1-5,17H,6-15H2,(H,22,25)/t17-/m0/s1. The Bertz CT molecular complexity index is 557. The minimum Gasteiger partial charge on any atom is -0.338 e. The number of benzene rings is 1. The summed E-state index contributed by atoms with van der Waals surface area (Å²) in [6, 6.07) is 10.3. The molecular formula is C19H27F2N3O. The van der Waals surface area contributed by atoms with Gasteiger partial charge in [-0.15, -0.1) is 0 Å². The maximum Gasteiger partial charge on any atom is 0.317 e. The number of rotatable bonds is 5. The first-order chi connectivity index (χ1) is 12.0. The van der Waals surface area contributed by atoms with E-state index in [0.717, 1.165) is 32.5 Å². The molecule has 1 N–H and O–H groups in total. The van der Waals surface area contributed by atoms with Gasteiger partial charge < -0.3 is 10.2 Å². The summed E-state index contributed by atoms with van der Waals surface area (Å²) >= 11 is 0. The van der Waals surface area contributed by atoms with E-state index in [1.54, 1.807) is 0 Å². The van der Waals surface area contributed by atoms with E-state index in [1.807, 2.05) is 6.07 Å². The summed E-state index contributed by atoms with van der Waals surface area (Å²) in [7, 11) is 0. The first-order valence-electron chi connectivity index (χ1n) is 9.19. The Balaban J connectivity index is 1.32. The molecule has 0 saturated carbocycles. The molecule has 0 aromatic heterocycles. The average molecular weight is 351 g/mol. The second-order valence-corrected chi connectivity index (χ2v) is 7.24. The lowest BCUT2D eigenvalue weighted by Crippen LogP contribution is -2.47. The zero-order chi connectivity index (χ0) is 17.7. The van der Waals surface area contributed by atoms with Crippen LogP contribution in [0.1, 0.15) is 31.2 Å². The number of carbonyl (C=O) groups excluding carboxylic acids is 1. The summed E-state index contributed by atoms with van der Waals surface area (Å²) in [6.07, 6.45) is 1.65. The Kier molecular flexibility index (Phi) is 5.89. The molecule has 2 saturated heterocycles. The zero-order valence-electron chi connectivity index (χ0n) is 14.6. The molecule has 0 spiro atoms. The number of nitrogens with zero attached hydrogens (tertiary/aromatic N) is 2. The number of hydrogen-bond acceptors (Lipinski definition) is 2. The molecular weight excluding hydrogens is 324 g/mol. The van der Waals surface area contributed by atoms with Crippen LogP contribution in [0.15, 0.2) is 30.3 Å². The van der Waals surface area contributed by atoms with E-state index >= 15 is 0 Å². The fourth-order valence-corrected chi connectivity index (χ4v) is 3.67. The van der Waals surface area contributed by atoms with Gasteiger partial charge in [0.25, 0.3) is 5.92 Å². The van der Waals surface area contributed by atoms with E-state index in [-0.39, 0.29) is 32.0 Å². The fraction of sp³-hybridized carbons (Fsp3) is 0.632. The predicted octanol–water partition coefficient (Wildman–Crippen LogP) is 3.34. The Morgan fingerprint density at radius 2 is 1.88 bits per heavy atom. The molecule has 2 heterocycles. The van der Waals surface area contributed by atoms with E-state index in [9.17, 15) is 13.6 Å². The van der Waals surface area contributed by atoms with E-state index in [1.165, 1.54) is 10.5 Å². The molecule has 2 aliphatic heterocycles. The second-order valence-electron chi connectivity index (χ2n) is 7.24. The summed E-state index contributed by atoms with van der Waals surface area (Å²) < 4.78 is 26.3. The van der Waals surface area contributed by atoms with Crippen LogP contribution in [0.25, 0.3) is 0 Å². The molecule has 4 nitrogen and oxygen atoms in total. The van der Waals surface area contributed by atoms with E-state index in [2.05, 4.69) is 34.5 Å². The maximum absolute atomic E-state index is 13.1. The number of carbonyl (C=O) groups is 1. The van der Waals surface area contributed by atoms with Crippen molar-refractivity contribution in [2.24, 2.45) is 5.92 Å². The minimum atomic E-state index is -2.61. The number of amides is 2. The van der Waals surface area contributed by atoms with Crippen LogP contribution in [-0.4, -0.2) is 54.5 Å². The van der Waals surface area contributed by atoms with Crippen molar-refractivity contribution in [2.45, 2.75) is 38.2 Å². The van der Waals surface area contributed by atoms with Crippen molar-refractivity contribution in [3.8, 4) is 0 Å². The minimum absolute atomic E-state index is 0.146. The van der Waals surface area contributed by atoms with Gasteiger partial charge in [0.2, 0.25) is 0 Å². The number of piperidine rings is 1. The van der Waals surface area contributed by atoms with Crippen molar-refractivity contribution < 1.29 is 13.6 Å². The quantitative estimate of drug-likeness (QED) is 0.883. The highest BCUT2D eigenvalue weighted by atomic mass is 19.3. The van der Waals surface area contributed by atoms with Gasteiger partial charge in [0.1, 0.15) is 0 Å². The van der Waals surface area contributed by atoms with E-state index in [4.69, 9.17) is 0 Å². The second kappa shape index (κ2) is 8.13. The molecule has 0 unspecified atom stereocenters. The molecule has 3 rings (SSSR count). The lowest BCUT2D eigenvalue weighted by molar-refractivity contribution is -0.0469. The van der Waals surface area contributed by atoms with Gasteiger partial charge in [-0.1, -0.05) is 30.3 Å². The SMILES string of the molecule is O=C(NCC[C@H]1CCN(Cc2ccccc2)C1)N1CCC(F)(F)CC1. The van der Waals surface area contributed by atoms with Crippen LogP contribution in [0.5, 0.6) is 0 Å². The van der Waals surface area contributed by atoms with Crippen molar-refractivity contribution >= 4 is 6.03 Å². The van der Waals surface area contributed by atoms with Crippen molar-refractivity contribution in [2.75, 3.05) is 32.7 Å². The summed E-state index contributed by atoms with van der Waals surface area (Å²) in [6.45, 7) is 4.04. The van der Waals surface area contributed by atoms with Gasteiger partial charge in [-0.3, -0.25) is 4.90 Å². The average Bonchev–Trinajstić information content (AvgIpc) is 3.03. The third-order valence-electron chi connectivity index (χ3n) is 5.23. The monoisotopic (exact) mass is 351 g/mol. The van der Waals surface area contributed by atoms with Crippen LogP contribution in [0.3, 0.4) is 0 Å². The van der Waals surface area contributed by atoms with E-state index in [0.29, 0.717) is 12.5 Å². The van der Waals surface area contributed by atoms with Crippen LogP contribution in [-0.2, 0) is 6.54 Å². The predicted molar refractivity (Wildman–Crippen MR) is 93.6 cm³/mol. The van der Waals surface area contributed by atoms with Gasteiger partial charge >= 0.3 is 6.03 Å². The molecule has 1 aromatic carbocycles. The van der Waals surface area contributed by atoms with Gasteiger partial charge in [-0.2, -0.15) is 0 Å². The zero-order valence-corrected chi connectivity index (χ0v) is 14.6. The molecule has 0 aliphatic carbocycles. The molecule has 25 heavy (non-hydrogen) atoms. The van der Waals surface area contributed by atoms with Gasteiger partial charge in [0.05, 0.1) is 0 Å². The first-order valence-corrected chi connectivity index (χ1v) is 9.19. The topological polar surface area (TPSA) is 35.6 Å². The van der Waals surface area contributed by atoms with Crippen molar-refractivity contribution in [1.29, 1.82) is 0 Å². The Hall–Kier alpha value is -1.69. The van der Waals surface area contributed by atoms with Crippen molar-refractivity contribution in [3.05, 3.63) is 35.9 Å². The lowest BCUT2D eigenvalue weighted by atomic mass is 10.1. The summed E-state index contributed by atoms with van der Waals surface area (Å²) in [5.41, 5.74) is 1.33. The largest absolute Gasteiger partial charge is 0.338 e. The molecule has 0 bridgehead atoms. The molecule has 1 aromatic rings. The number of hydrogen-bond donors (Lipinski definition) is 1. The van der Waals surface area contributed by atoms with Gasteiger partial charge in [0, 0.05) is 45.6 Å². The fourth-order valence-electron chi connectivity index (χ4n) is 3.67. The summed E-state index contributed by atoms with van der Waals surface area (Å²) in [4.78, 5) is 16.0. The van der Waals surface area contributed by atoms with Crippen molar-refractivity contribution in [3.63, 3.8) is 0 Å². The van der Waals surface area contributed by atoms with Crippen LogP contribution in [0.2, 0.25) is 0 Å². The smallest absolute Gasteiger partial charge is 0.317 e. The van der Waals surface area contributed by atoms with Crippen LogP contribution in [0.4, 0.5) is 13.6 Å². The van der Waals surface area contributed by atoms with E-state index < -0.39 is 5.92 Å². The molecule has 2 fully saturated rings. The van der Waals surface area contributed by atoms with Crippen molar-refractivity contribution in [1.82, 2.24) is 15.1 Å². The molecule has 2 amide bonds. The van der Waals surface area contributed by atoms with Crippen LogP contribution in [0, 0.1) is 5.92 Å². The number of likely N-dealkylation sites (tertiary alicyclic amines) is 2. The molecule has 2 aliphatic rings. The van der Waals surface area contributed by atoms with Gasteiger partial charge in [0.15, 0.2) is 0 Å².